The van der Waals surface area contributed by atoms with Crippen molar-refractivity contribution in [2.45, 2.75) is 0 Å². The van der Waals surface area contributed by atoms with E-state index in [4.69, 9.17) is 19.9 Å². The second-order valence-corrected chi connectivity index (χ2v) is 3.47. The van der Waals surface area contributed by atoms with Gasteiger partial charge in [0.15, 0.2) is 23.1 Å². The number of methoxy groups -OCH3 is 1. The van der Waals surface area contributed by atoms with E-state index in [9.17, 15) is 4.39 Å². The Morgan fingerprint density at radius 1 is 1.47 bits per heavy atom. The predicted molar refractivity (Wildman–Crippen MR) is 62.0 cm³/mol. The number of halogens is 1. The summed E-state index contributed by atoms with van der Waals surface area (Å²) >= 11 is 0. The van der Waals surface area contributed by atoms with Gasteiger partial charge in [0.25, 0.3) is 0 Å². The molecule has 2 N–H and O–H groups in total. The summed E-state index contributed by atoms with van der Waals surface area (Å²) in [6.07, 6.45) is 3.38. The van der Waals surface area contributed by atoms with Crippen LogP contribution in [0.2, 0.25) is 0 Å². The first-order valence-corrected chi connectivity index (χ1v) is 5.30. The van der Waals surface area contributed by atoms with Crippen molar-refractivity contribution in [2.75, 3.05) is 26.9 Å². The maximum absolute atomic E-state index is 13.7. The highest BCUT2D eigenvalue weighted by Gasteiger charge is 2.22. The molecule has 0 bridgehead atoms. The molecule has 1 aromatic rings. The molecule has 1 aliphatic rings. The predicted octanol–water partition coefficient (Wildman–Crippen LogP) is 1.58. The van der Waals surface area contributed by atoms with E-state index in [2.05, 4.69) is 0 Å². The van der Waals surface area contributed by atoms with Gasteiger partial charge in [0, 0.05) is 12.6 Å². The monoisotopic (exact) mass is 239 g/mol. The summed E-state index contributed by atoms with van der Waals surface area (Å²) in [6.45, 7) is 1.21. The number of hydrogen-bond acceptors (Lipinski definition) is 4. The molecule has 1 heterocycles. The molecule has 0 amide bonds. The molecular formula is C12H14FNO3. The van der Waals surface area contributed by atoms with Crippen LogP contribution < -0.4 is 19.9 Å². The van der Waals surface area contributed by atoms with Crippen molar-refractivity contribution >= 4 is 6.08 Å². The zero-order chi connectivity index (χ0) is 12.3. The van der Waals surface area contributed by atoms with Crippen molar-refractivity contribution in [2.24, 2.45) is 5.73 Å². The minimum absolute atomic E-state index is 0.138. The fourth-order valence-corrected chi connectivity index (χ4v) is 1.71. The molecule has 4 nitrogen and oxygen atoms in total. The Morgan fingerprint density at radius 2 is 2.24 bits per heavy atom. The largest absolute Gasteiger partial charge is 0.493 e. The molecule has 0 spiro atoms. The van der Waals surface area contributed by atoms with Gasteiger partial charge in [0.1, 0.15) is 13.2 Å². The van der Waals surface area contributed by atoms with Crippen LogP contribution in [-0.2, 0) is 0 Å². The zero-order valence-corrected chi connectivity index (χ0v) is 9.53. The third-order valence-corrected chi connectivity index (χ3v) is 2.40. The molecule has 92 valence electrons. The van der Waals surface area contributed by atoms with E-state index >= 15 is 0 Å². The SMILES string of the molecule is COc1c(F)cc2c(c1/C=C/CN)OCCO2. The van der Waals surface area contributed by atoms with Crippen LogP contribution in [0.1, 0.15) is 5.56 Å². The van der Waals surface area contributed by atoms with E-state index in [1.807, 2.05) is 0 Å². The first kappa shape index (κ1) is 11.7. The molecule has 0 fully saturated rings. The first-order chi connectivity index (χ1) is 8.27. The third-order valence-electron chi connectivity index (χ3n) is 2.40. The second kappa shape index (κ2) is 5.05. The van der Waals surface area contributed by atoms with Crippen molar-refractivity contribution in [3.8, 4) is 17.2 Å². The average molecular weight is 239 g/mol. The normalized spacial score (nSPS) is 14.1. The van der Waals surface area contributed by atoms with Crippen LogP contribution >= 0.6 is 0 Å². The number of rotatable bonds is 3. The molecule has 0 atom stereocenters. The lowest BCUT2D eigenvalue weighted by Gasteiger charge is -2.21. The van der Waals surface area contributed by atoms with Gasteiger partial charge in [-0.25, -0.2) is 4.39 Å². The Kier molecular flexibility index (Phi) is 3.49. The maximum atomic E-state index is 13.7. The highest BCUT2D eigenvalue weighted by Crippen LogP contribution is 2.42. The van der Waals surface area contributed by atoms with Crippen LogP contribution in [0.15, 0.2) is 12.1 Å². The van der Waals surface area contributed by atoms with Gasteiger partial charge in [-0.2, -0.15) is 0 Å². The first-order valence-electron chi connectivity index (χ1n) is 5.30. The van der Waals surface area contributed by atoms with Gasteiger partial charge in [-0.1, -0.05) is 6.08 Å². The van der Waals surface area contributed by atoms with Crippen molar-refractivity contribution in [1.82, 2.24) is 0 Å². The van der Waals surface area contributed by atoms with E-state index in [0.717, 1.165) is 0 Å². The van der Waals surface area contributed by atoms with Crippen LogP contribution in [0.25, 0.3) is 6.08 Å². The van der Waals surface area contributed by atoms with Gasteiger partial charge in [-0.05, 0) is 6.08 Å². The minimum Gasteiger partial charge on any atom is -0.493 e. The smallest absolute Gasteiger partial charge is 0.172 e. The Bertz CT molecular complexity index is 446. The number of fused-ring (bicyclic) bond motifs is 1. The number of hydrogen-bond donors (Lipinski definition) is 1. The summed E-state index contributed by atoms with van der Waals surface area (Å²) in [4.78, 5) is 0. The Balaban J connectivity index is 2.57. The van der Waals surface area contributed by atoms with Crippen LogP contribution in [0.5, 0.6) is 17.2 Å². The second-order valence-electron chi connectivity index (χ2n) is 3.47. The summed E-state index contributed by atoms with van der Waals surface area (Å²) in [5.74, 6) is 0.554. The number of nitrogens with two attached hydrogens (primary N) is 1. The van der Waals surface area contributed by atoms with Gasteiger partial charge in [-0.15, -0.1) is 0 Å². The highest BCUT2D eigenvalue weighted by atomic mass is 19.1. The lowest BCUT2D eigenvalue weighted by Crippen LogP contribution is -2.17. The molecular weight excluding hydrogens is 225 g/mol. The fourth-order valence-electron chi connectivity index (χ4n) is 1.71. The Morgan fingerprint density at radius 3 is 2.94 bits per heavy atom. The quantitative estimate of drug-likeness (QED) is 0.870. The van der Waals surface area contributed by atoms with Crippen LogP contribution in [0, 0.1) is 5.82 Å². The molecule has 0 unspecified atom stereocenters. The summed E-state index contributed by atoms with van der Waals surface area (Å²) < 4.78 is 29.6. The van der Waals surface area contributed by atoms with E-state index in [1.165, 1.54) is 13.2 Å². The third kappa shape index (κ3) is 2.19. The molecule has 17 heavy (non-hydrogen) atoms. The van der Waals surface area contributed by atoms with Crippen molar-refractivity contribution in [3.05, 3.63) is 23.5 Å². The molecule has 0 saturated carbocycles. The summed E-state index contributed by atoms with van der Waals surface area (Å²) in [7, 11) is 1.41. The minimum atomic E-state index is -0.478. The molecule has 0 aliphatic carbocycles. The Hall–Kier alpha value is -1.75. The molecule has 1 aliphatic heterocycles. The van der Waals surface area contributed by atoms with E-state index in [0.29, 0.717) is 36.8 Å². The number of ether oxygens (including phenoxy) is 3. The number of benzene rings is 1. The fraction of sp³-hybridized carbons (Fsp3) is 0.333. The standard InChI is InChI=1S/C12H14FNO3/c1-15-11-8(3-2-4-14)12-10(7-9(11)13)16-5-6-17-12/h2-3,7H,4-6,14H2,1H3/b3-2+. The molecule has 2 rings (SSSR count). The van der Waals surface area contributed by atoms with Crippen molar-refractivity contribution in [1.29, 1.82) is 0 Å². The zero-order valence-electron chi connectivity index (χ0n) is 9.53. The molecule has 5 heteroatoms. The van der Waals surface area contributed by atoms with Crippen LogP contribution in [-0.4, -0.2) is 26.9 Å². The topological polar surface area (TPSA) is 53.7 Å². The molecule has 0 radical (unpaired) electrons. The summed E-state index contributed by atoms with van der Waals surface area (Å²) in [5.41, 5.74) is 5.91. The van der Waals surface area contributed by atoms with Gasteiger partial charge in [0.2, 0.25) is 0 Å². The lowest BCUT2D eigenvalue weighted by molar-refractivity contribution is 0.169. The molecule has 0 saturated heterocycles. The molecule has 1 aromatic carbocycles. The van der Waals surface area contributed by atoms with Crippen molar-refractivity contribution in [3.63, 3.8) is 0 Å². The average Bonchev–Trinajstić information content (AvgIpc) is 2.35. The van der Waals surface area contributed by atoms with Crippen LogP contribution in [0.3, 0.4) is 0 Å². The van der Waals surface area contributed by atoms with E-state index in [-0.39, 0.29) is 5.75 Å². The Labute approximate surface area is 98.8 Å². The van der Waals surface area contributed by atoms with E-state index in [1.54, 1.807) is 12.2 Å². The van der Waals surface area contributed by atoms with Gasteiger partial charge in [0.05, 0.1) is 12.7 Å². The van der Waals surface area contributed by atoms with Gasteiger partial charge in [-0.3, -0.25) is 0 Å². The van der Waals surface area contributed by atoms with E-state index < -0.39 is 5.82 Å². The summed E-state index contributed by atoms with van der Waals surface area (Å²) in [6, 6.07) is 1.27. The van der Waals surface area contributed by atoms with Crippen molar-refractivity contribution < 1.29 is 18.6 Å². The maximum Gasteiger partial charge on any atom is 0.172 e. The highest BCUT2D eigenvalue weighted by molar-refractivity contribution is 5.69. The molecule has 0 aromatic heterocycles. The van der Waals surface area contributed by atoms with Gasteiger partial charge < -0.3 is 19.9 Å². The summed E-state index contributed by atoms with van der Waals surface area (Å²) in [5, 5.41) is 0. The van der Waals surface area contributed by atoms with Crippen LogP contribution in [0.4, 0.5) is 4.39 Å². The lowest BCUT2D eigenvalue weighted by atomic mass is 10.1. The van der Waals surface area contributed by atoms with Gasteiger partial charge >= 0.3 is 0 Å².